The maximum atomic E-state index is 2.55. The predicted octanol–water partition coefficient (Wildman–Crippen LogP) is 4.23. The smallest absolute Gasteiger partial charge is 1.00 e. The van der Waals surface area contributed by atoms with Crippen molar-refractivity contribution >= 4 is 18.4 Å². The number of allylic oxidation sites excluding steroid dienone is 8. The minimum absolute atomic E-state index is 0. The Kier molecular flexibility index (Phi) is 3.92. The summed E-state index contributed by atoms with van der Waals surface area (Å²) < 4.78 is 5.55. The minimum atomic E-state index is -1.79. The van der Waals surface area contributed by atoms with Crippen LogP contribution in [-0.2, 0) is 22.9 Å². The average Bonchev–Trinajstić information content (AvgIpc) is 2.73. The van der Waals surface area contributed by atoms with E-state index in [1.807, 2.05) is 6.92 Å². The fourth-order valence-corrected chi connectivity index (χ4v) is 21.6. The second kappa shape index (κ2) is 4.87. The first-order valence-electron chi connectivity index (χ1n) is 5.60. The SMILES string of the molecule is [CH3][Sn]([CH3])([CH3])[C]1=[C]([Hf][C]2=CC=CC2)CC=C1.[H-].[H-]. The van der Waals surface area contributed by atoms with E-state index >= 15 is 0 Å². The molecule has 15 heavy (non-hydrogen) atoms. The summed E-state index contributed by atoms with van der Waals surface area (Å²) in [5.74, 6) is 0. The Hall–Kier alpha value is 0.629. The summed E-state index contributed by atoms with van der Waals surface area (Å²) >= 11 is -2.41. The van der Waals surface area contributed by atoms with Gasteiger partial charge in [0, 0.05) is 0 Å². The van der Waals surface area contributed by atoms with Crippen LogP contribution in [-0.4, -0.2) is 18.4 Å². The summed E-state index contributed by atoms with van der Waals surface area (Å²) in [5.41, 5.74) is 0. The Morgan fingerprint density at radius 2 is 2.00 bits per heavy atom. The maximum absolute atomic E-state index is 2.55. The molecule has 0 aromatic carbocycles. The summed E-state index contributed by atoms with van der Waals surface area (Å²) in [6.45, 7) is 0. The number of rotatable bonds is 3. The van der Waals surface area contributed by atoms with Gasteiger partial charge in [-0.25, -0.2) is 0 Å². The van der Waals surface area contributed by atoms with Crippen molar-refractivity contribution in [2.24, 2.45) is 0 Å². The molecule has 2 aliphatic carbocycles. The van der Waals surface area contributed by atoms with Gasteiger partial charge in [0.2, 0.25) is 0 Å². The molecule has 0 radical (unpaired) electrons. The van der Waals surface area contributed by atoms with Crippen LogP contribution in [0.4, 0.5) is 0 Å². The molecule has 0 N–H and O–H groups in total. The van der Waals surface area contributed by atoms with Gasteiger partial charge in [-0.1, -0.05) is 0 Å². The van der Waals surface area contributed by atoms with Crippen molar-refractivity contribution in [3.8, 4) is 0 Å². The van der Waals surface area contributed by atoms with Crippen molar-refractivity contribution in [1.29, 1.82) is 0 Å². The van der Waals surface area contributed by atoms with Gasteiger partial charge in [-0.3, -0.25) is 0 Å². The first kappa shape index (κ1) is 12.1. The van der Waals surface area contributed by atoms with Crippen molar-refractivity contribution < 1.29 is 25.8 Å². The Morgan fingerprint density at radius 3 is 2.60 bits per heavy atom. The molecule has 0 amide bonds. The third-order valence-corrected chi connectivity index (χ3v) is 16.6. The summed E-state index contributed by atoms with van der Waals surface area (Å²) in [5, 5.41) is 0. The number of hydrogen-bond acceptors (Lipinski definition) is 0. The molecule has 0 heterocycles. The molecule has 0 fully saturated rings. The van der Waals surface area contributed by atoms with Crippen LogP contribution in [0.5, 0.6) is 0 Å². The maximum Gasteiger partial charge on any atom is -1.00 e. The zero-order valence-electron chi connectivity index (χ0n) is 11.8. The second-order valence-corrected chi connectivity index (χ2v) is 25.0. The van der Waals surface area contributed by atoms with Crippen LogP contribution in [0.25, 0.3) is 0 Å². The van der Waals surface area contributed by atoms with Crippen molar-refractivity contribution in [2.75, 3.05) is 0 Å². The largest absolute Gasteiger partial charge is 1.00 e. The van der Waals surface area contributed by atoms with Gasteiger partial charge in [-0.2, -0.15) is 0 Å². The normalized spacial score (nSPS) is 20.1. The van der Waals surface area contributed by atoms with Crippen LogP contribution >= 0.6 is 0 Å². The van der Waals surface area contributed by atoms with Gasteiger partial charge >= 0.3 is 110 Å². The first-order valence-corrected chi connectivity index (χ1v) is 19.2. The molecule has 0 aromatic heterocycles. The molecular formula is C13H20HfSn-2. The summed E-state index contributed by atoms with van der Waals surface area (Å²) in [4.78, 5) is 7.64. The molecule has 0 atom stereocenters. The van der Waals surface area contributed by atoms with Gasteiger partial charge in [-0.05, 0) is 0 Å². The van der Waals surface area contributed by atoms with Crippen LogP contribution in [0.2, 0.25) is 14.8 Å². The van der Waals surface area contributed by atoms with E-state index in [9.17, 15) is 0 Å². The molecular weight excluding hydrogens is 453 g/mol. The molecule has 82 valence electrons. The molecule has 0 saturated carbocycles. The van der Waals surface area contributed by atoms with E-state index in [1.54, 1.807) is 3.33 Å². The Morgan fingerprint density at radius 1 is 1.20 bits per heavy atom. The fourth-order valence-electron chi connectivity index (χ4n) is 2.06. The number of hydrogen-bond donors (Lipinski definition) is 0. The summed E-state index contributed by atoms with van der Waals surface area (Å²) in [6.07, 6.45) is 14.4. The van der Waals surface area contributed by atoms with Gasteiger partial charge in [0.15, 0.2) is 0 Å². The molecule has 0 spiro atoms. The van der Waals surface area contributed by atoms with Crippen molar-refractivity contribution in [2.45, 2.75) is 27.7 Å². The molecule has 0 nitrogen and oxygen atoms in total. The fraction of sp³-hybridized carbons (Fsp3) is 0.385. The van der Waals surface area contributed by atoms with Crippen LogP contribution in [0.3, 0.4) is 0 Å². The van der Waals surface area contributed by atoms with Gasteiger partial charge in [-0.15, -0.1) is 0 Å². The first-order chi connectivity index (χ1) is 7.07. The molecule has 0 bridgehead atoms. The van der Waals surface area contributed by atoms with Gasteiger partial charge in [0.25, 0.3) is 0 Å². The molecule has 2 rings (SSSR count). The zero-order chi connectivity index (χ0) is 10.9. The predicted molar refractivity (Wildman–Crippen MR) is 68.2 cm³/mol. The topological polar surface area (TPSA) is 0 Å². The average molecular weight is 474 g/mol. The molecule has 0 unspecified atom stereocenters. The van der Waals surface area contributed by atoms with E-state index in [1.165, 1.54) is 12.8 Å². The van der Waals surface area contributed by atoms with Gasteiger partial charge in [0.05, 0.1) is 0 Å². The Labute approximate surface area is 111 Å². The van der Waals surface area contributed by atoms with Crippen LogP contribution < -0.4 is 0 Å². The van der Waals surface area contributed by atoms with Crippen LogP contribution in [0, 0.1) is 0 Å². The molecule has 2 heteroatoms. The molecule has 0 aliphatic heterocycles. The van der Waals surface area contributed by atoms with E-state index in [0.29, 0.717) is 0 Å². The third kappa shape index (κ3) is 3.06. The summed E-state index contributed by atoms with van der Waals surface area (Å²) in [6, 6.07) is 0. The second-order valence-electron chi connectivity index (χ2n) is 5.20. The van der Waals surface area contributed by atoms with E-state index in [0.717, 1.165) is 0 Å². The quantitative estimate of drug-likeness (QED) is 0.539. The van der Waals surface area contributed by atoms with E-state index < -0.39 is 41.3 Å². The standard InChI is InChI=1S/C5H5.C5H4.3CH3.Hf.Sn.2H/c2*1-2-4-5-3-1;;;;;;;/h1-3H,4H2;1-2H,3H2;3*1H3;;;;/q;;;;;;;2*-1. The molecule has 2 aliphatic rings. The van der Waals surface area contributed by atoms with Crippen molar-refractivity contribution in [1.82, 2.24) is 0 Å². The van der Waals surface area contributed by atoms with Crippen molar-refractivity contribution in [3.05, 3.63) is 40.6 Å². The van der Waals surface area contributed by atoms with E-state index in [2.05, 4.69) is 45.2 Å². The van der Waals surface area contributed by atoms with Gasteiger partial charge < -0.3 is 2.85 Å². The van der Waals surface area contributed by atoms with E-state index in [-0.39, 0.29) is 2.85 Å². The zero-order valence-corrected chi connectivity index (χ0v) is 16.2. The minimum Gasteiger partial charge on any atom is -1.00 e. The molecule has 0 saturated heterocycles. The summed E-state index contributed by atoms with van der Waals surface area (Å²) in [7, 11) is 0. The molecule has 0 aromatic rings. The monoisotopic (exact) mass is 476 g/mol. The Balaban J connectivity index is 0.00000128. The van der Waals surface area contributed by atoms with Gasteiger partial charge in [0.1, 0.15) is 0 Å². The van der Waals surface area contributed by atoms with Crippen molar-refractivity contribution in [3.63, 3.8) is 0 Å². The van der Waals surface area contributed by atoms with E-state index in [4.69, 9.17) is 0 Å². The third-order valence-electron chi connectivity index (χ3n) is 2.82. The van der Waals surface area contributed by atoms with Crippen LogP contribution in [0.15, 0.2) is 40.6 Å². The Bertz CT molecular complexity index is 387. The van der Waals surface area contributed by atoms with Crippen LogP contribution in [0.1, 0.15) is 15.7 Å².